The topological polar surface area (TPSA) is 54.6 Å². The van der Waals surface area contributed by atoms with E-state index in [0.29, 0.717) is 16.7 Å². The average molecular weight is 381 g/mol. The van der Waals surface area contributed by atoms with Gasteiger partial charge in [0, 0.05) is 43.0 Å². The molecule has 1 fully saturated rings. The molecule has 3 atom stereocenters. The molecule has 7 heteroatoms. The lowest BCUT2D eigenvalue weighted by atomic mass is 10.3. The summed E-state index contributed by atoms with van der Waals surface area (Å²) >= 11 is 1.95. The zero-order valence-electron chi connectivity index (χ0n) is 16.7. The van der Waals surface area contributed by atoms with Gasteiger partial charge in [0.15, 0.2) is 0 Å². The van der Waals surface area contributed by atoms with Crippen molar-refractivity contribution in [2.24, 2.45) is 0 Å². The molecular formula is C19H36N6S. The first-order valence-electron chi connectivity index (χ1n) is 9.19. The molecule has 1 rings (SSSR count). The summed E-state index contributed by atoms with van der Waals surface area (Å²) in [7, 11) is 5.90. The maximum Gasteiger partial charge on any atom is 0.0902 e. The summed E-state index contributed by atoms with van der Waals surface area (Å²) in [5, 5.41) is 12.5. The Labute approximate surface area is 163 Å². The highest BCUT2D eigenvalue weighted by Crippen LogP contribution is 2.33. The molecule has 6 nitrogen and oxygen atoms in total. The summed E-state index contributed by atoms with van der Waals surface area (Å²) in [6.07, 6.45) is 6.94. The molecule has 4 N–H and O–H groups in total. The van der Waals surface area contributed by atoms with Gasteiger partial charge in [0.2, 0.25) is 0 Å². The minimum Gasteiger partial charge on any atom is -0.363 e. The SMILES string of the molecule is C=CN1C[C@H](C=C=CN(CCNC)NC(=C)CCNC)SC1[C@@H](C)NC. The standard InChI is InChI=1S/C19H36N6S/c1-7-24-15-18(26-19(24)17(3)22-6)9-8-13-25(14-12-21-5)23-16(2)10-11-20-4/h7,9,13,17-23H,1-2,10-12,14-15H2,3-6H3/t8?,17-,18+,19?/m1/s1. The van der Waals surface area contributed by atoms with Crippen LogP contribution in [0.5, 0.6) is 0 Å². The van der Waals surface area contributed by atoms with Gasteiger partial charge < -0.3 is 26.3 Å². The third kappa shape index (κ3) is 7.89. The first-order chi connectivity index (χ1) is 12.5. The van der Waals surface area contributed by atoms with Crippen molar-refractivity contribution in [3.05, 3.63) is 43.1 Å². The number of nitrogens with zero attached hydrogens (tertiary/aromatic N) is 2. The van der Waals surface area contributed by atoms with Crippen LogP contribution in [0.4, 0.5) is 0 Å². The first-order valence-corrected chi connectivity index (χ1v) is 10.1. The Kier molecular flexibility index (Phi) is 11.2. The second kappa shape index (κ2) is 12.9. The van der Waals surface area contributed by atoms with Crippen LogP contribution in [0.25, 0.3) is 0 Å². The molecule has 0 spiro atoms. The lowest BCUT2D eigenvalue weighted by molar-refractivity contribution is 0.300. The molecule has 0 bridgehead atoms. The molecule has 0 aromatic carbocycles. The summed E-state index contributed by atoms with van der Waals surface area (Å²) in [6, 6.07) is 0.407. The number of rotatable bonds is 13. The number of nitrogens with one attached hydrogen (secondary N) is 4. The van der Waals surface area contributed by atoms with E-state index in [4.69, 9.17) is 0 Å². The molecule has 0 saturated carbocycles. The third-order valence-corrected chi connectivity index (χ3v) is 5.84. The maximum atomic E-state index is 4.09. The fourth-order valence-electron chi connectivity index (χ4n) is 2.59. The van der Waals surface area contributed by atoms with E-state index in [1.807, 2.05) is 50.3 Å². The predicted octanol–water partition coefficient (Wildman–Crippen LogP) is 1.30. The van der Waals surface area contributed by atoms with Crippen LogP contribution >= 0.6 is 11.8 Å². The van der Waals surface area contributed by atoms with Crippen LogP contribution in [-0.2, 0) is 0 Å². The van der Waals surface area contributed by atoms with Crippen LogP contribution in [0.15, 0.2) is 43.1 Å². The molecule has 0 aromatic heterocycles. The van der Waals surface area contributed by atoms with Crippen LogP contribution in [0.2, 0.25) is 0 Å². The van der Waals surface area contributed by atoms with Gasteiger partial charge in [-0.05, 0) is 40.3 Å². The van der Waals surface area contributed by atoms with Crippen molar-refractivity contribution < 1.29 is 0 Å². The van der Waals surface area contributed by atoms with E-state index >= 15 is 0 Å². The van der Waals surface area contributed by atoms with Crippen LogP contribution < -0.4 is 21.4 Å². The largest absolute Gasteiger partial charge is 0.363 e. The molecular weight excluding hydrogens is 344 g/mol. The molecule has 1 saturated heterocycles. The van der Waals surface area contributed by atoms with Crippen molar-refractivity contribution in [3.8, 4) is 0 Å². The zero-order valence-corrected chi connectivity index (χ0v) is 17.5. The summed E-state index contributed by atoms with van der Waals surface area (Å²) < 4.78 is 0. The highest BCUT2D eigenvalue weighted by atomic mass is 32.2. The lowest BCUT2D eigenvalue weighted by Crippen LogP contribution is -2.39. The second-order valence-electron chi connectivity index (χ2n) is 6.35. The van der Waals surface area contributed by atoms with E-state index in [-0.39, 0.29) is 0 Å². The van der Waals surface area contributed by atoms with Crippen molar-refractivity contribution in [1.29, 1.82) is 0 Å². The molecule has 1 aliphatic heterocycles. The Balaban J connectivity index is 2.66. The Hall–Kier alpha value is -1.37. The fourth-order valence-corrected chi connectivity index (χ4v) is 4.06. The van der Waals surface area contributed by atoms with Crippen molar-refractivity contribution in [3.63, 3.8) is 0 Å². The van der Waals surface area contributed by atoms with Gasteiger partial charge in [-0.2, -0.15) is 0 Å². The van der Waals surface area contributed by atoms with E-state index < -0.39 is 0 Å². The predicted molar refractivity (Wildman–Crippen MR) is 115 cm³/mol. The van der Waals surface area contributed by atoms with Gasteiger partial charge in [0.05, 0.1) is 18.1 Å². The highest BCUT2D eigenvalue weighted by molar-refractivity contribution is 8.00. The number of thioether (sulfide) groups is 1. The Morgan fingerprint density at radius 1 is 1.35 bits per heavy atom. The number of hydrazine groups is 1. The third-order valence-electron chi connectivity index (χ3n) is 4.24. The van der Waals surface area contributed by atoms with Gasteiger partial charge in [0.1, 0.15) is 0 Å². The summed E-state index contributed by atoms with van der Waals surface area (Å²) in [4.78, 5) is 2.30. The monoisotopic (exact) mass is 380 g/mol. The van der Waals surface area contributed by atoms with Gasteiger partial charge in [-0.25, -0.2) is 0 Å². The van der Waals surface area contributed by atoms with E-state index in [1.54, 1.807) is 0 Å². The molecule has 0 radical (unpaired) electrons. The van der Waals surface area contributed by atoms with Crippen LogP contribution in [0, 0.1) is 0 Å². The van der Waals surface area contributed by atoms with E-state index in [2.05, 4.69) is 58.2 Å². The average Bonchev–Trinajstić information content (AvgIpc) is 3.06. The van der Waals surface area contributed by atoms with Crippen molar-refractivity contribution in [1.82, 2.24) is 31.3 Å². The maximum absolute atomic E-state index is 4.09. The van der Waals surface area contributed by atoms with Gasteiger partial charge in [-0.3, -0.25) is 5.01 Å². The normalized spacial score (nSPS) is 20.2. The quantitative estimate of drug-likeness (QED) is 0.284. The molecule has 0 amide bonds. The highest BCUT2D eigenvalue weighted by Gasteiger charge is 2.32. The molecule has 26 heavy (non-hydrogen) atoms. The van der Waals surface area contributed by atoms with Gasteiger partial charge >= 0.3 is 0 Å². The summed E-state index contributed by atoms with van der Waals surface area (Å²) in [6.45, 7) is 13.8. The van der Waals surface area contributed by atoms with Crippen LogP contribution in [-0.4, -0.2) is 73.9 Å². The van der Waals surface area contributed by atoms with Crippen LogP contribution in [0.3, 0.4) is 0 Å². The number of hydrogen-bond donors (Lipinski definition) is 4. The van der Waals surface area contributed by atoms with E-state index in [9.17, 15) is 0 Å². The van der Waals surface area contributed by atoms with Crippen LogP contribution in [0.1, 0.15) is 13.3 Å². The van der Waals surface area contributed by atoms with Crippen molar-refractivity contribution >= 4 is 11.8 Å². The Bertz CT molecular complexity index is 488. The minimum atomic E-state index is 0.403. The molecule has 148 valence electrons. The van der Waals surface area contributed by atoms with Gasteiger partial charge in [-0.15, -0.1) is 17.5 Å². The first kappa shape index (κ1) is 22.7. The molecule has 1 unspecified atom stereocenters. The minimum absolute atomic E-state index is 0.403. The van der Waals surface area contributed by atoms with Crippen molar-refractivity contribution in [2.45, 2.75) is 30.0 Å². The fraction of sp³-hybridized carbons (Fsp3) is 0.632. The van der Waals surface area contributed by atoms with Crippen molar-refractivity contribution in [2.75, 3.05) is 47.3 Å². The van der Waals surface area contributed by atoms with Gasteiger partial charge in [0.25, 0.3) is 0 Å². The number of hydrogen-bond acceptors (Lipinski definition) is 7. The Morgan fingerprint density at radius 2 is 2.08 bits per heavy atom. The smallest absolute Gasteiger partial charge is 0.0902 e. The molecule has 0 aliphatic carbocycles. The number of likely N-dealkylation sites (N-methyl/N-ethyl adjacent to an activating group) is 2. The van der Waals surface area contributed by atoms with Gasteiger partial charge in [-0.1, -0.05) is 13.2 Å². The summed E-state index contributed by atoms with van der Waals surface area (Å²) in [5.74, 6) is 0. The van der Waals surface area contributed by atoms with E-state index in [0.717, 1.165) is 38.3 Å². The molecule has 0 aromatic rings. The molecule has 1 aliphatic rings. The second-order valence-corrected chi connectivity index (χ2v) is 7.71. The zero-order chi connectivity index (χ0) is 19.4. The molecule has 1 heterocycles. The summed E-state index contributed by atoms with van der Waals surface area (Å²) in [5.41, 5.74) is 7.68. The Morgan fingerprint density at radius 3 is 2.69 bits per heavy atom. The van der Waals surface area contributed by atoms with E-state index in [1.165, 1.54) is 0 Å². The lowest BCUT2D eigenvalue weighted by Gasteiger charge is -2.26.